The third-order valence-corrected chi connectivity index (χ3v) is 3.83. The van der Waals surface area contributed by atoms with Gasteiger partial charge in [0.05, 0.1) is 10.7 Å². The van der Waals surface area contributed by atoms with Crippen LogP contribution < -0.4 is 5.32 Å². The van der Waals surface area contributed by atoms with E-state index in [2.05, 4.69) is 38.1 Å². The van der Waals surface area contributed by atoms with Crippen LogP contribution in [0.5, 0.6) is 0 Å². The molecule has 0 aliphatic heterocycles. The van der Waals surface area contributed by atoms with E-state index >= 15 is 0 Å². The fourth-order valence-corrected chi connectivity index (χ4v) is 2.51. The van der Waals surface area contributed by atoms with Crippen molar-refractivity contribution in [1.82, 2.24) is 30.5 Å². The van der Waals surface area contributed by atoms with E-state index in [1.54, 1.807) is 22.3 Å². The molecule has 20 heavy (non-hydrogen) atoms. The summed E-state index contributed by atoms with van der Waals surface area (Å²) < 4.78 is 1.62. The summed E-state index contributed by atoms with van der Waals surface area (Å²) in [5.74, 6) is 0.0593. The molecule has 0 aliphatic carbocycles. The molecule has 2 heterocycles. The molecule has 1 amide bonds. The Morgan fingerprint density at radius 1 is 1.50 bits per heavy atom. The van der Waals surface area contributed by atoms with E-state index in [0.29, 0.717) is 19.5 Å². The predicted octanol–water partition coefficient (Wildman–Crippen LogP) is 0.831. The second-order valence-corrected chi connectivity index (χ2v) is 5.31. The summed E-state index contributed by atoms with van der Waals surface area (Å²) in [7, 11) is 0. The summed E-state index contributed by atoms with van der Waals surface area (Å²) in [6.07, 6.45) is 4.51. The van der Waals surface area contributed by atoms with Gasteiger partial charge in [-0.1, -0.05) is 6.92 Å². The Morgan fingerprint density at radius 2 is 2.40 bits per heavy atom. The zero-order chi connectivity index (χ0) is 14.2. The van der Waals surface area contributed by atoms with Gasteiger partial charge in [-0.05, 0) is 23.3 Å². The fourth-order valence-electron chi connectivity index (χ4n) is 1.73. The normalized spacial score (nSPS) is 10.7. The second-order valence-electron chi connectivity index (χ2n) is 4.36. The van der Waals surface area contributed by atoms with E-state index < -0.39 is 0 Å². The molecule has 7 nitrogen and oxygen atoms in total. The number of thiazole rings is 1. The Labute approximate surface area is 121 Å². The Hall–Kier alpha value is -1.83. The molecular weight excluding hydrogens is 276 g/mol. The second kappa shape index (κ2) is 7.68. The number of hydrogen-bond acceptors (Lipinski definition) is 6. The molecule has 0 aromatic carbocycles. The van der Waals surface area contributed by atoms with E-state index in [0.717, 1.165) is 30.0 Å². The fraction of sp³-hybridized carbons (Fsp3) is 0.583. The summed E-state index contributed by atoms with van der Waals surface area (Å²) in [6, 6.07) is 0. The lowest BCUT2D eigenvalue weighted by atomic mass is 10.3. The zero-order valence-corrected chi connectivity index (χ0v) is 12.3. The third-order valence-electron chi connectivity index (χ3n) is 2.79. The van der Waals surface area contributed by atoms with Crippen LogP contribution in [-0.2, 0) is 24.2 Å². The maximum Gasteiger partial charge on any atom is 0.220 e. The minimum Gasteiger partial charge on any atom is -0.356 e. The molecule has 0 fully saturated rings. The van der Waals surface area contributed by atoms with Crippen molar-refractivity contribution >= 4 is 17.2 Å². The maximum absolute atomic E-state index is 11.6. The van der Waals surface area contributed by atoms with Crippen LogP contribution in [0.4, 0.5) is 0 Å². The first kappa shape index (κ1) is 14.6. The lowest BCUT2D eigenvalue weighted by Gasteiger charge is -2.03. The number of nitrogens with one attached hydrogen (secondary N) is 1. The van der Waals surface area contributed by atoms with Gasteiger partial charge in [0, 0.05) is 31.3 Å². The van der Waals surface area contributed by atoms with Gasteiger partial charge < -0.3 is 5.32 Å². The zero-order valence-electron chi connectivity index (χ0n) is 11.4. The first-order chi connectivity index (χ1) is 9.78. The van der Waals surface area contributed by atoms with Crippen molar-refractivity contribution in [1.29, 1.82) is 0 Å². The van der Waals surface area contributed by atoms with Gasteiger partial charge in [0.25, 0.3) is 0 Å². The van der Waals surface area contributed by atoms with Crippen molar-refractivity contribution in [2.24, 2.45) is 0 Å². The van der Waals surface area contributed by atoms with Crippen LogP contribution in [-0.4, -0.2) is 37.6 Å². The van der Waals surface area contributed by atoms with E-state index in [4.69, 9.17) is 0 Å². The summed E-state index contributed by atoms with van der Waals surface area (Å²) >= 11 is 1.68. The highest BCUT2D eigenvalue weighted by molar-refractivity contribution is 7.09. The monoisotopic (exact) mass is 294 g/mol. The van der Waals surface area contributed by atoms with Crippen LogP contribution in [0.2, 0.25) is 0 Å². The van der Waals surface area contributed by atoms with Crippen molar-refractivity contribution in [2.45, 2.75) is 39.2 Å². The average Bonchev–Trinajstić information content (AvgIpc) is 3.10. The Kier molecular flexibility index (Phi) is 5.60. The van der Waals surface area contributed by atoms with Gasteiger partial charge in [-0.3, -0.25) is 4.79 Å². The van der Waals surface area contributed by atoms with Crippen molar-refractivity contribution in [3.8, 4) is 0 Å². The first-order valence-electron chi connectivity index (χ1n) is 6.68. The van der Waals surface area contributed by atoms with Gasteiger partial charge in [0.1, 0.15) is 6.33 Å². The van der Waals surface area contributed by atoms with E-state index in [1.165, 1.54) is 0 Å². The number of amides is 1. The van der Waals surface area contributed by atoms with Crippen LogP contribution >= 0.6 is 11.3 Å². The summed E-state index contributed by atoms with van der Waals surface area (Å²) in [5.41, 5.74) is 1.06. The van der Waals surface area contributed by atoms with E-state index in [1.807, 2.05) is 0 Å². The maximum atomic E-state index is 11.6. The van der Waals surface area contributed by atoms with Gasteiger partial charge in [0.2, 0.25) is 5.91 Å². The largest absolute Gasteiger partial charge is 0.356 e. The highest BCUT2D eigenvalue weighted by atomic mass is 32.1. The molecule has 2 aromatic heterocycles. The molecule has 2 rings (SSSR count). The number of aromatic nitrogens is 5. The highest BCUT2D eigenvalue weighted by Gasteiger charge is 2.03. The smallest absolute Gasteiger partial charge is 0.220 e. The molecule has 0 spiro atoms. The topological polar surface area (TPSA) is 85.6 Å². The number of rotatable bonds is 8. The van der Waals surface area contributed by atoms with Gasteiger partial charge >= 0.3 is 0 Å². The number of carbonyl (C=O) groups excluding carboxylic acids is 1. The first-order valence-corrected chi connectivity index (χ1v) is 7.56. The number of nitrogens with zero attached hydrogens (tertiary/aromatic N) is 5. The summed E-state index contributed by atoms with van der Waals surface area (Å²) in [5, 5.41) is 16.9. The standard InChI is InChI=1S/C12H18N6OS/c1-2-12-15-10(8-20-12)5-6-13-11(19)4-3-7-18-9-14-16-17-18/h8-9H,2-7H2,1H3,(H,13,19). The van der Waals surface area contributed by atoms with Gasteiger partial charge in [-0.15, -0.1) is 16.4 Å². The van der Waals surface area contributed by atoms with Crippen LogP contribution in [0.25, 0.3) is 0 Å². The summed E-state index contributed by atoms with van der Waals surface area (Å²) in [6.45, 7) is 3.39. The molecule has 8 heteroatoms. The van der Waals surface area contributed by atoms with Crippen molar-refractivity contribution in [3.05, 3.63) is 22.4 Å². The molecule has 0 saturated carbocycles. The van der Waals surface area contributed by atoms with Gasteiger partial charge in [-0.25, -0.2) is 9.67 Å². The van der Waals surface area contributed by atoms with Gasteiger partial charge in [-0.2, -0.15) is 0 Å². The molecule has 0 radical (unpaired) electrons. The van der Waals surface area contributed by atoms with Crippen LogP contribution in [0.3, 0.4) is 0 Å². The minimum absolute atomic E-state index is 0.0593. The minimum atomic E-state index is 0.0593. The van der Waals surface area contributed by atoms with Crippen molar-refractivity contribution in [2.75, 3.05) is 6.54 Å². The molecular formula is C12H18N6OS. The number of hydrogen-bond donors (Lipinski definition) is 1. The molecule has 0 bridgehead atoms. The number of tetrazole rings is 1. The van der Waals surface area contributed by atoms with E-state index in [-0.39, 0.29) is 5.91 Å². The van der Waals surface area contributed by atoms with Crippen molar-refractivity contribution < 1.29 is 4.79 Å². The Balaban J connectivity index is 1.58. The molecule has 0 saturated heterocycles. The number of carbonyl (C=O) groups is 1. The molecule has 0 aliphatic rings. The van der Waals surface area contributed by atoms with E-state index in [9.17, 15) is 4.79 Å². The van der Waals surface area contributed by atoms with Crippen LogP contribution in [0.1, 0.15) is 30.5 Å². The molecule has 0 unspecified atom stereocenters. The molecule has 108 valence electrons. The number of aryl methyl sites for hydroxylation is 2. The van der Waals surface area contributed by atoms with Crippen LogP contribution in [0, 0.1) is 0 Å². The Bertz CT molecular complexity index is 524. The predicted molar refractivity (Wildman–Crippen MR) is 75.3 cm³/mol. The molecule has 2 aromatic rings. The third kappa shape index (κ3) is 4.69. The highest BCUT2D eigenvalue weighted by Crippen LogP contribution is 2.10. The lowest BCUT2D eigenvalue weighted by Crippen LogP contribution is -2.25. The van der Waals surface area contributed by atoms with Crippen molar-refractivity contribution in [3.63, 3.8) is 0 Å². The van der Waals surface area contributed by atoms with Gasteiger partial charge in [0.15, 0.2) is 0 Å². The molecule has 0 atom stereocenters. The quantitative estimate of drug-likeness (QED) is 0.779. The lowest BCUT2D eigenvalue weighted by molar-refractivity contribution is -0.121. The van der Waals surface area contributed by atoms with Crippen LogP contribution in [0.15, 0.2) is 11.7 Å². The average molecular weight is 294 g/mol. The molecule has 1 N–H and O–H groups in total. The Morgan fingerprint density at radius 3 is 3.10 bits per heavy atom. The SMILES string of the molecule is CCc1nc(CCNC(=O)CCCn2cnnn2)cs1. The summed E-state index contributed by atoms with van der Waals surface area (Å²) in [4.78, 5) is 16.1.